The van der Waals surface area contributed by atoms with Crippen molar-refractivity contribution in [2.24, 2.45) is 0 Å². The van der Waals surface area contributed by atoms with Crippen LogP contribution in [-0.2, 0) is 10.6 Å². The third-order valence-corrected chi connectivity index (χ3v) is 5.91. The van der Waals surface area contributed by atoms with Crippen molar-refractivity contribution in [1.29, 1.82) is 0 Å². The lowest BCUT2D eigenvalue weighted by molar-refractivity contribution is 0.561. The first-order valence-electron chi connectivity index (χ1n) is 5.37. The average molecular weight is 311 g/mol. The standard InChI is InChI=1S/C12H11BrN2OS/c1-12(7-13)15-9-5-3-2-4-8(9)11(16)14-10(15)6-17-12/h2-5H,6-7H2,1H3/t12-/m1/s1. The molecule has 5 heteroatoms. The largest absolute Gasteiger partial charge is 0.312 e. The fourth-order valence-electron chi connectivity index (χ4n) is 2.22. The van der Waals surface area contributed by atoms with Gasteiger partial charge in [-0.05, 0) is 19.1 Å². The Hall–Kier alpha value is -0.810. The minimum atomic E-state index is -0.119. The molecule has 0 fully saturated rings. The second-order valence-corrected chi connectivity index (χ2v) is 6.30. The number of alkyl halides is 1. The summed E-state index contributed by atoms with van der Waals surface area (Å²) in [4.78, 5) is 16.0. The van der Waals surface area contributed by atoms with Crippen LogP contribution in [-0.4, -0.2) is 14.9 Å². The lowest BCUT2D eigenvalue weighted by atomic mass is 10.2. The van der Waals surface area contributed by atoms with Gasteiger partial charge in [0.15, 0.2) is 0 Å². The van der Waals surface area contributed by atoms with E-state index >= 15 is 0 Å². The monoisotopic (exact) mass is 310 g/mol. The molecule has 1 aliphatic heterocycles. The molecule has 1 atom stereocenters. The zero-order chi connectivity index (χ0) is 12.0. The minimum absolute atomic E-state index is 0.0599. The minimum Gasteiger partial charge on any atom is -0.312 e. The Kier molecular flexibility index (Phi) is 2.56. The molecule has 1 aromatic carbocycles. The van der Waals surface area contributed by atoms with Crippen LogP contribution < -0.4 is 5.56 Å². The number of fused-ring (bicyclic) bond motifs is 3. The van der Waals surface area contributed by atoms with E-state index in [2.05, 4.69) is 32.4 Å². The zero-order valence-electron chi connectivity index (χ0n) is 9.31. The second-order valence-electron chi connectivity index (χ2n) is 4.28. The average Bonchev–Trinajstić information content (AvgIpc) is 2.68. The van der Waals surface area contributed by atoms with Gasteiger partial charge in [-0.2, -0.15) is 4.98 Å². The van der Waals surface area contributed by atoms with Gasteiger partial charge in [0.25, 0.3) is 5.56 Å². The van der Waals surface area contributed by atoms with E-state index in [1.165, 1.54) is 0 Å². The van der Waals surface area contributed by atoms with Gasteiger partial charge in [0.05, 0.1) is 21.5 Å². The number of halogens is 1. The van der Waals surface area contributed by atoms with Crippen LogP contribution in [0.1, 0.15) is 12.7 Å². The van der Waals surface area contributed by atoms with Crippen LogP contribution in [0.25, 0.3) is 10.9 Å². The summed E-state index contributed by atoms with van der Waals surface area (Å²) in [6.07, 6.45) is 0. The molecule has 0 spiro atoms. The van der Waals surface area contributed by atoms with Crippen LogP contribution in [0.3, 0.4) is 0 Å². The number of benzene rings is 1. The van der Waals surface area contributed by atoms with Crippen LogP contribution in [0.15, 0.2) is 29.1 Å². The van der Waals surface area contributed by atoms with Crippen molar-refractivity contribution in [3.63, 3.8) is 0 Å². The quantitative estimate of drug-likeness (QED) is 0.760. The van der Waals surface area contributed by atoms with Crippen molar-refractivity contribution in [1.82, 2.24) is 9.55 Å². The maximum absolute atomic E-state index is 11.9. The molecule has 0 unspecified atom stereocenters. The molecule has 0 N–H and O–H groups in total. The molecule has 0 radical (unpaired) electrons. The van der Waals surface area contributed by atoms with Gasteiger partial charge in [-0.3, -0.25) is 4.79 Å². The van der Waals surface area contributed by atoms with Crippen LogP contribution in [0.5, 0.6) is 0 Å². The van der Waals surface area contributed by atoms with E-state index in [-0.39, 0.29) is 10.4 Å². The van der Waals surface area contributed by atoms with E-state index in [0.717, 1.165) is 22.4 Å². The summed E-state index contributed by atoms with van der Waals surface area (Å²) in [5.74, 6) is 1.67. The summed E-state index contributed by atoms with van der Waals surface area (Å²) in [5, 5.41) is 1.54. The van der Waals surface area contributed by atoms with Crippen molar-refractivity contribution in [2.45, 2.75) is 17.5 Å². The molecule has 3 nitrogen and oxygen atoms in total. The fourth-order valence-corrected chi connectivity index (χ4v) is 4.00. The summed E-state index contributed by atoms with van der Waals surface area (Å²) in [5.41, 5.74) is 0.862. The second kappa shape index (κ2) is 3.85. The number of rotatable bonds is 1. The van der Waals surface area contributed by atoms with Crippen LogP contribution in [0.4, 0.5) is 0 Å². The predicted molar refractivity (Wildman–Crippen MR) is 74.7 cm³/mol. The summed E-state index contributed by atoms with van der Waals surface area (Å²) in [6, 6.07) is 7.68. The Morgan fingerprint density at radius 1 is 1.53 bits per heavy atom. The molecule has 3 rings (SSSR count). The Morgan fingerprint density at radius 2 is 2.29 bits per heavy atom. The van der Waals surface area contributed by atoms with Gasteiger partial charge < -0.3 is 4.57 Å². The van der Waals surface area contributed by atoms with E-state index < -0.39 is 0 Å². The molecule has 2 heterocycles. The van der Waals surface area contributed by atoms with Gasteiger partial charge in [0.2, 0.25) is 0 Å². The number of nitrogens with zero attached hydrogens (tertiary/aromatic N) is 2. The third-order valence-electron chi connectivity index (χ3n) is 3.10. The molecular formula is C12H11BrN2OS. The molecule has 0 aliphatic carbocycles. The Balaban J connectivity index is 2.46. The lowest BCUT2D eigenvalue weighted by Gasteiger charge is -2.25. The van der Waals surface area contributed by atoms with Crippen molar-refractivity contribution in [3.05, 3.63) is 40.4 Å². The molecule has 0 amide bonds. The van der Waals surface area contributed by atoms with Crippen molar-refractivity contribution < 1.29 is 0 Å². The van der Waals surface area contributed by atoms with Crippen molar-refractivity contribution >= 4 is 38.6 Å². The first-order valence-corrected chi connectivity index (χ1v) is 7.47. The van der Waals surface area contributed by atoms with Gasteiger partial charge >= 0.3 is 0 Å². The van der Waals surface area contributed by atoms with Crippen LogP contribution >= 0.6 is 27.7 Å². The third kappa shape index (κ3) is 1.56. The van der Waals surface area contributed by atoms with Gasteiger partial charge in [0.1, 0.15) is 5.82 Å². The van der Waals surface area contributed by atoms with E-state index in [1.54, 1.807) is 0 Å². The lowest BCUT2D eigenvalue weighted by Crippen LogP contribution is -2.28. The molecule has 0 bridgehead atoms. The highest BCUT2D eigenvalue weighted by Gasteiger charge is 2.35. The fraction of sp³-hybridized carbons (Fsp3) is 0.333. The smallest absolute Gasteiger partial charge is 0.280 e. The molecule has 2 aromatic rings. The molecular weight excluding hydrogens is 300 g/mol. The van der Waals surface area contributed by atoms with E-state index in [1.807, 2.05) is 36.0 Å². The molecule has 1 aromatic heterocycles. The number of thioether (sulfide) groups is 1. The van der Waals surface area contributed by atoms with Gasteiger partial charge in [-0.25, -0.2) is 0 Å². The topological polar surface area (TPSA) is 34.9 Å². The van der Waals surface area contributed by atoms with E-state index in [9.17, 15) is 4.79 Å². The van der Waals surface area contributed by atoms with Crippen molar-refractivity contribution in [2.75, 3.05) is 5.33 Å². The van der Waals surface area contributed by atoms with Gasteiger partial charge in [0, 0.05) is 5.33 Å². The SMILES string of the molecule is C[C@]1(CBr)SCc2nc(=O)c3ccccc3n21. The van der Waals surface area contributed by atoms with Gasteiger partial charge in [-0.15, -0.1) is 11.8 Å². The number of para-hydroxylation sites is 1. The molecule has 0 saturated carbocycles. The number of hydrogen-bond donors (Lipinski definition) is 0. The van der Waals surface area contributed by atoms with E-state index in [0.29, 0.717) is 5.39 Å². The molecule has 0 saturated heterocycles. The van der Waals surface area contributed by atoms with Crippen LogP contribution in [0.2, 0.25) is 0 Å². The summed E-state index contributed by atoms with van der Waals surface area (Å²) >= 11 is 5.37. The highest BCUT2D eigenvalue weighted by atomic mass is 79.9. The Bertz CT molecular complexity index is 654. The normalized spacial score (nSPS) is 22.9. The van der Waals surface area contributed by atoms with E-state index in [4.69, 9.17) is 0 Å². The summed E-state index contributed by atoms with van der Waals surface area (Å²) in [7, 11) is 0. The first kappa shape index (κ1) is 11.3. The molecule has 88 valence electrons. The van der Waals surface area contributed by atoms with Gasteiger partial charge in [-0.1, -0.05) is 28.1 Å². The molecule has 1 aliphatic rings. The maximum Gasteiger partial charge on any atom is 0.280 e. The first-order chi connectivity index (χ1) is 8.15. The highest BCUT2D eigenvalue weighted by molar-refractivity contribution is 9.09. The molecule has 17 heavy (non-hydrogen) atoms. The maximum atomic E-state index is 11.9. The highest BCUT2D eigenvalue weighted by Crippen LogP contribution is 2.42. The van der Waals surface area contributed by atoms with Crippen molar-refractivity contribution in [3.8, 4) is 0 Å². The Morgan fingerprint density at radius 3 is 3.06 bits per heavy atom. The number of aromatic nitrogens is 2. The summed E-state index contributed by atoms with van der Waals surface area (Å²) in [6.45, 7) is 2.17. The summed E-state index contributed by atoms with van der Waals surface area (Å²) < 4.78 is 2.18. The predicted octanol–water partition coefficient (Wildman–Crippen LogP) is 2.71. The number of hydrogen-bond acceptors (Lipinski definition) is 3. The van der Waals surface area contributed by atoms with Crippen LogP contribution in [0, 0.1) is 0 Å². The Labute approximate surface area is 111 Å². The zero-order valence-corrected chi connectivity index (χ0v) is 11.7.